The van der Waals surface area contributed by atoms with Gasteiger partial charge in [0.15, 0.2) is 0 Å². The second kappa shape index (κ2) is 6.36. The van der Waals surface area contributed by atoms with Crippen LogP contribution in [0.15, 0.2) is 59.6 Å². The highest BCUT2D eigenvalue weighted by Crippen LogP contribution is 2.50. The molecule has 0 saturated carbocycles. The first-order valence-corrected chi connectivity index (χ1v) is 11.0. The number of hydrogen-bond donors (Lipinski definition) is 0. The fraction of sp³-hybridized carbons (Fsp3) is 0.250. The first kappa shape index (κ1) is 17.1. The molecular formula is C24H21N3OS. The zero-order valence-electron chi connectivity index (χ0n) is 16.4. The van der Waals surface area contributed by atoms with Crippen molar-refractivity contribution in [3.8, 4) is 11.6 Å². The van der Waals surface area contributed by atoms with Crippen molar-refractivity contribution in [1.29, 1.82) is 0 Å². The minimum Gasteiger partial charge on any atom is -0.477 e. The van der Waals surface area contributed by atoms with Gasteiger partial charge in [0.25, 0.3) is 0 Å². The molecule has 144 valence electrons. The van der Waals surface area contributed by atoms with Crippen LogP contribution in [0, 0.1) is 19.8 Å². The van der Waals surface area contributed by atoms with Gasteiger partial charge in [0.05, 0.1) is 23.5 Å². The third-order valence-electron chi connectivity index (χ3n) is 6.04. The third-order valence-corrected chi connectivity index (χ3v) is 7.24. The van der Waals surface area contributed by atoms with Crippen LogP contribution in [0.1, 0.15) is 28.3 Å². The molecule has 0 amide bonds. The van der Waals surface area contributed by atoms with Crippen molar-refractivity contribution in [3.63, 3.8) is 0 Å². The number of nitrogens with zero attached hydrogens (tertiary/aromatic N) is 3. The monoisotopic (exact) mass is 399 g/mol. The number of para-hydroxylation sites is 1. The Bertz CT molecular complexity index is 1250. The van der Waals surface area contributed by atoms with Gasteiger partial charge in [-0.2, -0.15) is 5.10 Å². The zero-order chi connectivity index (χ0) is 19.5. The van der Waals surface area contributed by atoms with E-state index in [1.54, 1.807) is 0 Å². The molecule has 0 unspecified atom stereocenters. The van der Waals surface area contributed by atoms with Gasteiger partial charge < -0.3 is 4.74 Å². The highest BCUT2D eigenvalue weighted by molar-refractivity contribution is 7.99. The number of ether oxygens (including phenoxy) is 1. The molecule has 4 nitrogen and oxygen atoms in total. The number of thioether (sulfide) groups is 1. The van der Waals surface area contributed by atoms with Crippen molar-refractivity contribution in [2.45, 2.75) is 24.8 Å². The minimum atomic E-state index is 0.284. The van der Waals surface area contributed by atoms with Crippen LogP contribution in [0.3, 0.4) is 0 Å². The first-order valence-electron chi connectivity index (χ1n) is 10.0. The van der Waals surface area contributed by atoms with Crippen molar-refractivity contribution in [1.82, 2.24) is 14.8 Å². The molecule has 0 saturated heterocycles. The maximum atomic E-state index is 6.30. The quantitative estimate of drug-likeness (QED) is 0.436. The maximum Gasteiger partial charge on any atom is 0.220 e. The Kier molecular flexibility index (Phi) is 3.75. The predicted octanol–water partition coefficient (Wildman–Crippen LogP) is 5.28. The van der Waals surface area contributed by atoms with Crippen LogP contribution in [0.5, 0.6) is 5.88 Å². The van der Waals surface area contributed by atoms with Gasteiger partial charge in [-0.15, -0.1) is 11.8 Å². The Hall–Kier alpha value is -2.79. The summed E-state index contributed by atoms with van der Waals surface area (Å²) in [5.41, 5.74) is 6.93. The minimum absolute atomic E-state index is 0.284. The van der Waals surface area contributed by atoms with E-state index in [4.69, 9.17) is 14.8 Å². The molecule has 4 aromatic rings. The molecule has 2 aromatic carbocycles. The number of aromatic nitrogens is 3. The van der Waals surface area contributed by atoms with Crippen molar-refractivity contribution in [2.75, 3.05) is 12.4 Å². The van der Waals surface area contributed by atoms with Crippen molar-refractivity contribution in [2.24, 2.45) is 5.92 Å². The Labute approximate surface area is 173 Å². The van der Waals surface area contributed by atoms with E-state index in [-0.39, 0.29) is 5.92 Å². The number of fused-ring (bicyclic) bond motifs is 6. The number of hydrogen-bond acceptors (Lipinski definition) is 4. The van der Waals surface area contributed by atoms with Gasteiger partial charge in [-0.1, -0.05) is 35.9 Å². The summed E-state index contributed by atoms with van der Waals surface area (Å²) in [5, 5.41) is 7.23. The second-order valence-corrected chi connectivity index (χ2v) is 9.00. The molecule has 0 radical (unpaired) electrons. The standard InChI is InChI=1S/C24H21N3OS/c1-14-7-9-18(10-8-14)27-24-21(15(2)26-27)22-17(12-28-24)13-29-23-19(22)11-16-5-3-4-6-20(16)25-23/h3-11,17,22H,12-13H2,1-2H3/t17-,22-/m1/s1. The van der Waals surface area contributed by atoms with E-state index in [9.17, 15) is 0 Å². The normalized spacial score (nSPS) is 19.9. The van der Waals surface area contributed by atoms with E-state index >= 15 is 0 Å². The van der Waals surface area contributed by atoms with E-state index in [1.807, 2.05) is 16.4 Å². The van der Waals surface area contributed by atoms with Gasteiger partial charge in [0.1, 0.15) is 5.03 Å². The smallest absolute Gasteiger partial charge is 0.220 e. The van der Waals surface area contributed by atoms with Crippen LogP contribution in [0.2, 0.25) is 0 Å². The predicted molar refractivity (Wildman–Crippen MR) is 116 cm³/mol. The highest BCUT2D eigenvalue weighted by atomic mass is 32.2. The fourth-order valence-electron chi connectivity index (χ4n) is 4.59. The van der Waals surface area contributed by atoms with E-state index in [1.165, 1.54) is 22.1 Å². The third kappa shape index (κ3) is 2.60. The molecule has 0 spiro atoms. The van der Waals surface area contributed by atoms with Crippen LogP contribution < -0.4 is 4.74 Å². The summed E-state index contributed by atoms with van der Waals surface area (Å²) in [4.78, 5) is 4.98. The lowest BCUT2D eigenvalue weighted by Gasteiger charge is -2.36. The molecule has 6 rings (SSSR count). The summed E-state index contributed by atoms with van der Waals surface area (Å²) in [5.74, 6) is 2.64. The second-order valence-electron chi connectivity index (χ2n) is 7.99. The van der Waals surface area contributed by atoms with Gasteiger partial charge >= 0.3 is 0 Å². The zero-order valence-corrected chi connectivity index (χ0v) is 17.2. The summed E-state index contributed by atoms with van der Waals surface area (Å²) in [6.45, 7) is 4.92. The number of rotatable bonds is 1. The molecular weight excluding hydrogens is 378 g/mol. The van der Waals surface area contributed by atoms with E-state index < -0.39 is 0 Å². The number of aryl methyl sites for hydroxylation is 2. The molecule has 2 aliphatic rings. The van der Waals surface area contributed by atoms with E-state index in [0.717, 1.165) is 33.6 Å². The van der Waals surface area contributed by atoms with Crippen LogP contribution in [0.4, 0.5) is 0 Å². The van der Waals surface area contributed by atoms with Gasteiger partial charge in [0.2, 0.25) is 5.88 Å². The summed E-state index contributed by atoms with van der Waals surface area (Å²) in [7, 11) is 0. The number of benzene rings is 2. The molecule has 0 aliphatic carbocycles. The fourth-order valence-corrected chi connectivity index (χ4v) is 5.76. The summed E-state index contributed by atoms with van der Waals surface area (Å²) < 4.78 is 8.27. The Morgan fingerprint density at radius 1 is 1.07 bits per heavy atom. The Morgan fingerprint density at radius 2 is 1.90 bits per heavy atom. The van der Waals surface area contributed by atoms with Crippen molar-refractivity contribution < 1.29 is 4.74 Å². The molecule has 0 fully saturated rings. The lowest BCUT2D eigenvalue weighted by atomic mass is 9.80. The van der Waals surface area contributed by atoms with Crippen molar-refractivity contribution >= 4 is 22.7 Å². The van der Waals surface area contributed by atoms with Gasteiger partial charge in [-0.05, 0) is 43.7 Å². The van der Waals surface area contributed by atoms with Crippen LogP contribution in [-0.4, -0.2) is 27.1 Å². The lowest BCUT2D eigenvalue weighted by Crippen LogP contribution is -2.32. The van der Waals surface area contributed by atoms with Crippen LogP contribution in [-0.2, 0) is 0 Å². The summed E-state index contributed by atoms with van der Waals surface area (Å²) >= 11 is 1.86. The Balaban J connectivity index is 1.55. The van der Waals surface area contributed by atoms with E-state index in [2.05, 4.69) is 68.4 Å². The van der Waals surface area contributed by atoms with Crippen molar-refractivity contribution in [3.05, 3.63) is 77.0 Å². The largest absolute Gasteiger partial charge is 0.477 e. The lowest BCUT2D eigenvalue weighted by molar-refractivity contribution is 0.205. The van der Waals surface area contributed by atoms with E-state index in [0.29, 0.717) is 12.5 Å². The molecule has 5 heteroatoms. The van der Waals surface area contributed by atoms with Crippen LogP contribution in [0.25, 0.3) is 16.6 Å². The first-order chi connectivity index (χ1) is 14.2. The molecule has 2 aliphatic heterocycles. The number of pyridine rings is 1. The average molecular weight is 400 g/mol. The molecule has 29 heavy (non-hydrogen) atoms. The van der Waals surface area contributed by atoms with Gasteiger partial charge in [-0.3, -0.25) is 0 Å². The summed E-state index contributed by atoms with van der Waals surface area (Å²) in [6.07, 6.45) is 0. The topological polar surface area (TPSA) is 39.9 Å². The Morgan fingerprint density at radius 3 is 2.76 bits per heavy atom. The molecule has 4 heterocycles. The van der Waals surface area contributed by atoms with Crippen LogP contribution >= 0.6 is 11.8 Å². The summed E-state index contributed by atoms with van der Waals surface area (Å²) in [6, 6.07) is 19.2. The maximum absolute atomic E-state index is 6.30. The molecule has 0 bridgehead atoms. The highest BCUT2D eigenvalue weighted by Gasteiger charge is 2.41. The molecule has 0 N–H and O–H groups in total. The molecule has 2 atom stereocenters. The average Bonchev–Trinajstić information content (AvgIpc) is 3.09. The molecule has 2 aromatic heterocycles. The van der Waals surface area contributed by atoms with Gasteiger partial charge in [0, 0.05) is 28.5 Å². The SMILES string of the molecule is Cc1ccc(-n2nc(C)c3c2OC[C@@H]2CSc4nc5ccccc5cc4[C@H]32)cc1. The van der Waals surface area contributed by atoms with Gasteiger partial charge in [-0.25, -0.2) is 9.67 Å².